The summed E-state index contributed by atoms with van der Waals surface area (Å²) >= 11 is 3.31. The molecule has 0 atom stereocenters. The Kier molecular flexibility index (Phi) is 3.47. The molecule has 0 aromatic heterocycles. The zero-order valence-electron chi connectivity index (χ0n) is 10.5. The Balaban J connectivity index is 2.50. The van der Waals surface area contributed by atoms with Crippen LogP contribution >= 0.6 is 15.9 Å². The fourth-order valence-electron chi connectivity index (χ4n) is 1.97. The fraction of sp³-hybridized carbons (Fsp3) is 0.385. The maximum absolute atomic E-state index is 13.8. The van der Waals surface area contributed by atoms with Crippen molar-refractivity contribution in [1.29, 1.82) is 0 Å². The molecule has 1 heterocycles. The zero-order chi connectivity index (χ0) is 14.4. The Morgan fingerprint density at radius 3 is 2.47 bits per heavy atom. The Morgan fingerprint density at radius 1 is 1.26 bits per heavy atom. The third-order valence-electron chi connectivity index (χ3n) is 2.93. The molecule has 6 heteroatoms. The van der Waals surface area contributed by atoms with Crippen molar-refractivity contribution in [2.75, 3.05) is 16.8 Å². The molecule has 1 aliphatic heterocycles. The van der Waals surface area contributed by atoms with E-state index in [1.165, 1.54) is 0 Å². The number of carbonyl (C=O) groups is 2. The van der Waals surface area contributed by atoms with E-state index in [2.05, 4.69) is 15.9 Å². The highest BCUT2D eigenvalue weighted by Gasteiger charge is 2.40. The summed E-state index contributed by atoms with van der Waals surface area (Å²) in [5, 5.41) is 0.579. The van der Waals surface area contributed by atoms with Gasteiger partial charge in [-0.05, 0) is 11.5 Å². The molecule has 0 radical (unpaired) electrons. The standard InChI is InChI=1S/C13H12BrF2NO2/c1-13(2,5-14)6-17-10-8(11(18)12(17)19)3-7(15)4-9(10)16/h3-4H,5-6H2,1-2H3. The first-order chi connectivity index (χ1) is 8.76. The van der Waals surface area contributed by atoms with E-state index >= 15 is 0 Å². The van der Waals surface area contributed by atoms with Crippen molar-refractivity contribution in [2.24, 2.45) is 5.41 Å². The van der Waals surface area contributed by atoms with Gasteiger partial charge in [0.25, 0.3) is 11.7 Å². The Morgan fingerprint density at radius 2 is 1.89 bits per heavy atom. The number of Topliss-reactive ketones (excluding diaryl/α,β-unsaturated/α-hetero) is 1. The van der Waals surface area contributed by atoms with E-state index in [1.54, 1.807) is 0 Å². The van der Waals surface area contributed by atoms with Gasteiger partial charge in [0.1, 0.15) is 5.82 Å². The van der Waals surface area contributed by atoms with Crippen molar-refractivity contribution in [1.82, 2.24) is 0 Å². The van der Waals surface area contributed by atoms with Crippen molar-refractivity contribution in [3.63, 3.8) is 0 Å². The number of nitrogens with zero attached hydrogens (tertiary/aromatic N) is 1. The molecule has 0 bridgehead atoms. The van der Waals surface area contributed by atoms with E-state index in [0.29, 0.717) is 11.4 Å². The van der Waals surface area contributed by atoms with Gasteiger partial charge in [0.15, 0.2) is 5.82 Å². The molecular weight excluding hydrogens is 320 g/mol. The predicted octanol–water partition coefficient (Wildman–Crippen LogP) is 2.92. The molecule has 0 N–H and O–H groups in total. The van der Waals surface area contributed by atoms with Gasteiger partial charge in [0.05, 0.1) is 11.3 Å². The van der Waals surface area contributed by atoms with E-state index in [-0.39, 0.29) is 23.2 Å². The van der Waals surface area contributed by atoms with Crippen LogP contribution in [0.5, 0.6) is 0 Å². The molecule has 0 fully saturated rings. The molecular formula is C13H12BrF2NO2. The van der Waals surface area contributed by atoms with Crippen LogP contribution in [-0.4, -0.2) is 23.6 Å². The van der Waals surface area contributed by atoms with Gasteiger partial charge in [-0.25, -0.2) is 8.78 Å². The largest absolute Gasteiger partial charge is 0.301 e. The van der Waals surface area contributed by atoms with E-state index in [4.69, 9.17) is 0 Å². The molecule has 2 rings (SSSR count). The quantitative estimate of drug-likeness (QED) is 0.630. The van der Waals surface area contributed by atoms with Crippen LogP contribution in [0.1, 0.15) is 24.2 Å². The van der Waals surface area contributed by atoms with Crippen LogP contribution in [0.4, 0.5) is 14.5 Å². The number of alkyl halides is 1. The molecule has 1 aliphatic rings. The Bertz CT molecular complexity index is 572. The number of anilines is 1. The average Bonchev–Trinajstić information content (AvgIpc) is 2.54. The topological polar surface area (TPSA) is 37.4 Å². The number of hydrogen-bond donors (Lipinski definition) is 0. The molecule has 0 saturated heterocycles. The first kappa shape index (κ1) is 14.1. The minimum atomic E-state index is -0.889. The van der Waals surface area contributed by atoms with Gasteiger partial charge in [0.2, 0.25) is 0 Å². The van der Waals surface area contributed by atoms with Crippen LogP contribution in [-0.2, 0) is 4.79 Å². The van der Waals surface area contributed by atoms with Crippen LogP contribution in [0.15, 0.2) is 12.1 Å². The smallest absolute Gasteiger partial charge is 0.299 e. The van der Waals surface area contributed by atoms with Crippen molar-refractivity contribution in [2.45, 2.75) is 13.8 Å². The Labute approximate surface area is 117 Å². The lowest BCUT2D eigenvalue weighted by molar-refractivity contribution is -0.114. The lowest BCUT2D eigenvalue weighted by Gasteiger charge is -2.28. The van der Waals surface area contributed by atoms with Crippen molar-refractivity contribution in [3.05, 3.63) is 29.3 Å². The minimum Gasteiger partial charge on any atom is -0.301 e. The maximum Gasteiger partial charge on any atom is 0.299 e. The number of fused-ring (bicyclic) bond motifs is 1. The molecule has 0 spiro atoms. The SMILES string of the molecule is CC(C)(CBr)CN1C(=O)C(=O)c2cc(F)cc(F)c21. The van der Waals surface area contributed by atoms with Crippen LogP contribution in [0.3, 0.4) is 0 Å². The summed E-state index contributed by atoms with van der Waals surface area (Å²) in [5.41, 5.74) is -0.656. The number of benzene rings is 1. The number of carbonyl (C=O) groups excluding carboxylic acids is 2. The van der Waals surface area contributed by atoms with Gasteiger partial charge < -0.3 is 4.90 Å². The first-order valence-electron chi connectivity index (χ1n) is 5.68. The van der Waals surface area contributed by atoms with Crippen LogP contribution in [0, 0.1) is 17.0 Å². The van der Waals surface area contributed by atoms with Crippen LogP contribution in [0.25, 0.3) is 0 Å². The number of amides is 1. The molecule has 19 heavy (non-hydrogen) atoms. The number of ketones is 1. The van der Waals surface area contributed by atoms with E-state index in [9.17, 15) is 18.4 Å². The summed E-state index contributed by atoms with van der Waals surface area (Å²) < 4.78 is 27.0. The summed E-state index contributed by atoms with van der Waals surface area (Å²) in [6.07, 6.45) is 0. The summed E-state index contributed by atoms with van der Waals surface area (Å²) in [6.45, 7) is 3.93. The first-order valence-corrected chi connectivity index (χ1v) is 6.80. The Hall–Kier alpha value is -1.30. The third kappa shape index (κ3) is 2.41. The predicted molar refractivity (Wildman–Crippen MR) is 70.6 cm³/mol. The van der Waals surface area contributed by atoms with Gasteiger partial charge in [-0.15, -0.1) is 0 Å². The van der Waals surface area contributed by atoms with Crippen molar-refractivity contribution in [3.8, 4) is 0 Å². The average molecular weight is 332 g/mol. The van der Waals surface area contributed by atoms with Crippen molar-refractivity contribution >= 4 is 33.3 Å². The highest BCUT2D eigenvalue weighted by atomic mass is 79.9. The molecule has 0 unspecified atom stereocenters. The van der Waals surface area contributed by atoms with E-state index in [0.717, 1.165) is 11.0 Å². The second-order valence-corrected chi connectivity index (χ2v) is 5.86. The summed E-state index contributed by atoms with van der Waals surface area (Å²) in [7, 11) is 0. The summed E-state index contributed by atoms with van der Waals surface area (Å²) in [6, 6.07) is 1.58. The molecule has 1 amide bonds. The summed E-state index contributed by atoms with van der Waals surface area (Å²) in [5.74, 6) is -3.43. The van der Waals surface area contributed by atoms with Crippen molar-refractivity contribution < 1.29 is 18.4 Å². The molecule has 1 aromatic rings. The second kappa shape index (κ2) is 4.67. The van der Waals surface area contributed by atoms with Gasteiger partial charge in [-0.2, -0.15) is 0 Å². The lowest BCUT2D eigenvalue weighted by Crippen LogP contribution is -2.39. The maximum atomic E-state index is 13.8. The van der Waals surface area contributed by atoms with Gasteiger partial charge in [-0.1, -0.05) is 29.8 Å². The van der Waals surface area contributed by atoms with Gasteiger partial charge in [0, 0.05) is 17.9 Å². The lowest BCUT2D eigenvalue weighted by atomic mass is 9.96. The molecule has 3 nitrogen and oxygen atoms in total. The molecule has 1 aromatic carbocycles. The number of rotatable bonds is 3. The van der Waals surface area contributed by atoms with Gasteiger partial charge >= 0.3 is 0 Å². The molecule has 0 saturated carbocycles. The minimum absolute atomic E-state index is 0.120. The summed E-state index contributed by atoms with van der Waals surface area (Å²) in [4.78, 5) is 24.7. The third-order valence-corrected chi connectivity index (χ3v) is 4.45. The molecule has 0 aliphatic carbocycles. The van der Waals surface area contributed by atoms with E-state index < -0.39 is 23.3 Å². The highest BCUT2D eigenvalue weighted by Crippen LogP contribution is 2.35. The van der Waals surface area contributed by atoms with Crippen LogP contribution < -0.4 is 4.90 Å². The number of halogens is 3. The van der Waals surface area contributed by atoms with E-state index in [1.807, 2.05) is 13.8 Å². The van der Waals surface area contributed by atoms with Gasteiger partial charge in [-0.3, -0.25) is 9.59 Å². The normalized spacial score (nSPS) is 15.1. The van der Waals surface area contributed by atoms with Crippen LogP contribution in [0.2, 0.25) is 0 Å². The molecule has 102 valence electrons. The second-order valence-electron chi connectivity index (χ2n) is 5.30. The monoisotopic (exact) mass is 331 g/mol. The highest BCUT2D eigenvalue weighted by molar-refractivity contribution is 9.09. The number of hydrogen-bond acceptors (Lipinski definition) is 2. The zero-order valence-corrected chi connectivity index (χ0v) is 12.1. The fourth-order valence-corrected chi connectivity index (χ4v) is 2.15.